The van der Waals surface area contributed by atoms with E-state index >= 15 is 0 Å². The van der Waals surface area contributed by atoms with Crippen LogP contribution in [-0.4, -0.2) is 17.8 Å². The number of nitrogens with one attached hydrogen (secondary N) is 1. The van der Waals surface area contributed by atoms with Crippen LogP contribution in [0.15, 0.2) is 12.1 Å². The molecule has 0 bridgehead atoms. The van der Waals surface area contributed by atoms with Gasteiger partial charge in [0, 0.05) is 6.07 Å². The van der Waals surface area contributed by atoms with E-state index in [9.17, 15) is 23.2 Å². The number of rotatable bonds is 1. The van der Waals surface area contributed by atoms with Gasteiger partial charge in [-0.25, -0.2) is 18.5 Å². The maximum absolute atomic E-state index is 13.9. The first-order valence-corrected chi connectivity index (χ1v) is 5.82. The summed E-state index contributed by atoms with van der Waals surface area (Å²) in [7, 11) is 0. The number of benzene rings is 1. The molecule has 1 aromatic carbocycles. The predicted molar refractivity (Wildman–Crippen MR) is 65.9 cm³/mol. The lowest BCUT2D eigenvalue weighted by Gasteiger charge is -2.34. The molecule has 1 aromatic rings. The average molecular weight is 282 g/mol. The molecular weight excluding hydrogens is 270 g/mol. The van der Waals surface area contributed by atoms with E-state index in [2.05, 4.69) is 0 Å². The molecule has 0 unspecified atom stereocenters. The number of carbonyl (C=O) groups excluding carboxylic acids is 3. The van der Waals surface area contributed by atoms with Crippen LogP contribution in [0, 0.1) is 24.0 Å². The minimum atomic E-state index is -1.54. The number of urea groups is 1. The first-order chi connectivity index (χ1) is 9.16. The molecule has 7 heteroatoms. The molecule has 20 heavy (non-hydrogen) atoms. The zero-order valence-corrected chi connectivity index (χ0v) is 11.1. The van der Waals surface area contributed by atoms with E-state index in [0.717, 1.165) is 12.1 Å². The number of imide groups is 2. The standard InChI is InChI=1S/C13H12F2N2O3/c1-6-4-8(15)9(5-7(6)14)17-11(19)13(2,3)10(18)16-12(17)20/h4-5H,1-3H3,(H,16,18,20). The largest absolute Gasteiger partial charge is 0.335 e. The highest BCUT2D eigenvalue weighted by Crippen LogP contribution is 2.30. The van der Waals surface area contributed by atoms with E-state index < -0.39 is 40.6 Å². The summed E-state index contributed by atoms with van der Waals surface area (Å²) >= 11 is 0. The number of halogens is 2. The molecule has 2 rings (SSSR count). The first kappa shape index (κ1) is 14.1. The maximum Gasteiger partial charge on any atom is 0.335 e. The highest BCUT2D eigenvalue weighted by molar-refractivity contribution is 6.29. The van der Waals surface area contributed by atoms with Gasteiger partial charge >= 0.3 is 6.03 Å². The molecule has 1 heterocycles. The summed E-state index contributed by atoms with van der Waals surface area (Å²) in [5, 5.41) is 1.95. The van der Waals surface area contributed by atoms with Gasteiger partial charge in [-0.1, -0.05) is 0 Å². The fourth-order valence-corrected chi connectivity index (χ4v) is 1.80. The van der Waals surface area contributed by atoms with Crippen molar-refractivity contribution in [1.29, 1.82) is 0 Å². The lowest BCUT2D eigenvalue weighted by atomic mass is 9.88. The van der Waals surface area contributed by atoms with Gasteiger partial charge in [0.1, 0.15) is 17.0 Å². The Morgan fingerprint density at radius 2 is 1.70 bits per heavy atom. The van der Waals surface area contributed by atoms with Gasteiger partial charge in [-0.15, -0.1) is 0 Å². The van der Waals surface area contributed by atoms with Crippen LogP contribution in [0.25, 0.3) is 0 Å². The fourth-order valence-electron chi connectivity index (χ4n) is 1.80. The number of barbiturate groups is 1. The van der Waals surface area contributed by atoms with Crippen LogP contribution in [0.1, 0.15) is 19.4 Å². The monoisotopic (exact) mass is 282 g/mol. The number of aryl methyl sites for hydroxylation is 1. The summed E-state index contributed by atoms with van der Waals surface area (Å²) in [6.07, 6.45) is 0. The van der Waals surface area contributed by atoms with Gasteiger partial charge < -0.3 is 0 Å². The van der Waals surface area contributed by atoms with Crippen molar-refractivity contribution in [3.8, 4) is 0 Å². The highest BCUT2D eigenvalue weighted by atomic mass is 19.1. The Labute approximate surface area is 113 Å². The van der Waals surface area contributed by atoms with Crippen molar-refractivity contribution in [1.82, 2.24) is 5.32 Å². The molecule has 1 N–H and O–H groups in total. The zero-order chi connectivity index (χ0) is 15.2. The van der Waals surface area contributed by atoms with Crippen molar-refractivity contribution in [2.24, 2.45) is 5.41 Å². The predicted octanol–water partition coefficient (Wildman–Crippen LogP) is 1.88. The lowest BCUT2D eigenvalue weighted by molar-refractivity contribution is -0.140. The van der Waals surface area contributed by atoms with Gasteiger partial charge in [0.15, 0.2) is 0 Å². The van der Waals surface area contributed by atoms with Crippen molar-refractivity contribution in [3.63, 3.8) is 0 Å². The van der Waals surface area contributed by atoms with Gasteiger partial charge in [-0.05, 0) is 32.4 Å². The number of nitrogens with zero attached hydrogens (tertiary/aromatic N) is 1. The minimum absolute atomic E-state index is 0.0476. The van der Waals surface area contributed by atoms with Crippen LogP contribution in [0.3, 0.4) is 0 Å². The Morgan fingerprint density at radius 3 is 2.30 bits per heavy atom. The second-order valence-electron chi connectivity index (χ2n) is 5.08. The van der Waals surface area contributed by atoms with Crippen LogP contribution in [0.5, 0.6) is 0 Å². The first-order valence-electron chi connectivity index (χ1n) is 5.82. The SMILES string of the molecule is Cc1cc(F)c(N2C(=O)NC(=O)C(C)(C)C2=O)cc1F. The van der Waals surface area contributed by atoms with Gasteiger partial charge in [0.2, 0.25) is 11.8 Å². The molecule has 1 aliphatic rings. The third-order valence-corrected chi connectivity index (χ3v) is 3.20. The number of amides is 4. The summed E-state index contributed by atoms with van der Waals surface area (Å²) in [4.78, 5) is 35.9. The lowest BCUT2D eigenvalue weighted by Crippen LogP contribution is -2.62. The summed E-state index contributed by atoms with van der Waals surface area (Å²) in [5.74, 6) is -3.36. The molecule has 0 spiro atoms. The van der Waals surface area contributed by atoms with Crippen LogP contribution in [0.4, 0.5) is 19.3 Å². The molecule has 0 atom stereocenters. The van der Waals surface area contributed by atoms with E-state index in [1.807, 2.05) is 5.32 Å². The molecule has 1 saturated heterocycles. The normalized spacial score (nSPS) is 18.2. The van der Waals surface area contributed by atoms with Crippen LogP contribution in [-0.2, 0) is 9.59 Å². The average Bonchev–Trinajstić information content (AvgIpc) is 2.33. The maximum atomic E-state index is 13.9. The summed E-state index contributed by atoms with van der Waals surface area (Å²) in [5.41, 5.74) is -2.01. The number of hydrogen-bond acceptors (Lipinski definition) is 3. The van der Waals surface area contributed by atoms with Crippen molar-refractivity contribution in [2.45, 2.75) is 20.8 Å². The third kappa shape index (κ3) is 1.95. The summed E-state index contributed by atoms with van der Waals surface area (Å²) in [6.45, 7) is 3.95. The van der Waals surface area contributed by atoms with Crippen molar-refractivity contribution < 1.29 is 23.2 Å². The Hall–Kier alpha value is -2.31. The Bertz CT molecular complexity index is 641. The Balaban J connectivity index is 2.57. The van der Waals surface area contributed by atoms with Gasteiger partial charge in [0.25, 0.3) is 0 Å². The number of anilines is 1. The van der Waals surface area contributed by atoms with Gasteiger partial charge in [0.05, 0.1) is 5.69 Å². The van der Waals surface area contributed by atoms with Gasteiger partial charge in [-0.2, -0.15) is 0 Å². The molecule has 1 fully saturated rings. The second-order valence-corrected chi connectivity index (χ2v) is 5.08. The molecule has 4 amide bonds. The molecule has 5 nitrogen and oxygen atoms in total. The van der Waals surface area contributed by atoms with Crippen LogP contribution >= 0.6 is 0 Å². The summed E-state index contributed by atoms with van der Waals surface area (Å²) < 4.78 is 27.4. The third-order valence-electron chi connectivity index (χ3n) is 3.20. The molecule has 1 aliphatic heterocycles. The minimum Gasteiger partial charge on any atom is -0.276 e. The van der Waals surface area contributed by atoms with E-state index in [0.29, 0.717) is 4.90 Å². The molecule has 0 saturated carbocycles. The topological polar surface area (TPSA) is 66.5 Å². The molecule has 0 aromatic heterocycles. The van der Waals surface area contributed by atoms with Crippen molar-refractivity contribution >= 4 is 23.5 Å². The Kier molecular flexibility index (Phi) is 3.08. The number of hydrogen-bond donors (Lipinski definition) is 1. The van der Waals surface area contributed by atoms with Crippen LogP contribution in [0.2, 0.25) is 0 Å². The molecule has 0 radical (unpaired) electrons. The second kappa shape index (κ2) is 4.36. The highest BCUT2D eigenvalue weighted by Gasteiger charge is 2.48. The van der Waals surface area contributed by atoms with Crippen molar-refractivity contribution in [2.75, 3.05) is 4.90 Å². The quantitative estimate of drug-likeness (QED) is 0.800. The fraction of sp³-hybridized carbons (Fsp3) is 0.308. The van der Waals surface area contributed by atoms with Gasteiger partial charge in [-0.3, -0.25) is 14.9 Å². The van der Waals surface area contributed by atoms with E-state index in [-0.39, 0.29) is 5.56 Å². The molecular formula is C13H12F2N2O3. The molecule has 106 valence electrons. The molecule has 0 aliphatic carbocycles. The van der Waals surface area contributed by atoms with E-state index in [4.69, 9.17) is 0 Å². The zero-order valence-electron chi connectivity index (χ0n) is 11.1. The van der Waals surface area contributed by atoms with Crippen LogP contribution < -0.4 is 10.2 Å². The summed E-state index contributed by atoms with van der Waals surface area (Å²) in [6, 6.07) is 0.546. The smallest absolute Gasteiger partial charge is 0.276 e. The van der Waals surface area contributed by atoms with E-state index in [1.165, 1.54) is 20.8 Å². The number of carbonyl (C=O) groups is 3. The van der Waals surface area contributed by atoms with Crippen molar-refractivity contribution in [3.05, 3.63) is 29.3 Å². The Morgan fingerprint density at radius 1 is 1.10 bits per heavy atom. The van der Waals surface area contributed by atoms with E-state index in [1.54, 1.807) is 0 Å².